The summed E-state index contributed by atoms with van der Waals surface area (Å²) in [5.41, 5.74) is 4.97. The van der Waals surface area contributed by atoms with Gasteiger partial charge >= 0.3 is 12.1 Å². The molecular weight excluding hydrogens is 569 g/mol. The molecule has 2 aromatic heterocycles. The number of hydrogen-bond acceptors (Lipinski definition) is 6. The van der Waals surface area contributed by atoms with Crippen molar-refractivity contribution in [1.82, 2.24) is 9.55 Å². The van der Waals surface area contributed by atoms with Gasteiger partial charge in [-0.05, 0) is 55.5 Å². The lowest BCUT2D eigenvalue weighted by Gasteiger charge is -2.43. The zero-order valence-corrected chi connectivity index (χ0v) is 24.6. The summed E-state index contributed by atoms with van der Waals surface area (Å²) in [4.78, 5) is 34.7. The topological polar surface area (TPSA) is 120 Å². The molecule has 1 aliphatic carbocycles. The minimum absolute atomic E-state index is 0.0823. The molecule has 0 aliphatic heterocycles. The van der Waals surface area contributed by atoms with E-state index in [0.717, 1.165) is 60.5 Å². The van der Waals surface area contributed by atoms with Crippen molar-refractivity contribution in [2.45, 2.75) is 71.5 Å². The average Bonchev–Trinajstić information content (AvgIpc) is 3.31. The van der Waals surface area contributed by atoms with Crippen LogP contribution in [0.5, 0.6) is 5.75 Å². The largest absolute Gasteiger partial charge is 0.492 e. The van der Waals surface area contributed by atoms with Gasteiger partial charge in [-0.2, -0.15) is 18.2 Å². The second kappa shape index (κ2) is 13.4. The first-order chi connectivity index (χ1) is 20.0. The Morgan fingerprint density at radius 1 is 1.24 bits per heavy atom. The van der Waals surface area contributed by atoms with Crippen molar-refractivity contribution in [3.05, 3.63) is 52.6 Å². The van der Waals surface area contributed by atoms with E-state index in [-0.39, 0.29) is 24.5 Å². The fourth-order valence-corrected chi connectivity index (χ4v) is 7.03. The Balaban J connectivity index is 1.69. The van der Waals surface area contributed by atoms with Crippen molar-refractivity contribution in [3.8, 4) is 5.75 Å². The Kier molecular flexibility index (Phi) is 10.1. The molecule has 1 unspecified atom stereocenters. The molecule has 1 saturated carbocycles. The molecule has 8 nitrogen and oxygen atoms in total. The van der Waals surface area contributed by atoms with Crippen LogP contribution in [0.25, 0.3) is 10.2 Å². The van der Waals surface area contributed by atoms with Crippen molar-refractivity contribution < 1.29 is 32.6 Å². The van der Waals surface area contributed by atoms with E-state index < -0.39 is 40.9 Å². The van der Waals surface area contributed by atoms with Crippen molar-refractivity contribution in [3.63, 3.8) is 0 Å². The molecule has 3 N–H and O–H groups in total. The van der Waals surface area contributed by atoms with Crippen LogP contribution in [0.3, 0.4) is 0 Å². The summed E-state index contributed by atoms with van der Waals surface area (Å²) in [5.74, 6) is -3.26. The number of benzene rings is 1. The number of nitrogens with two attached hydrogens (primary N) is 1. The van der Waals surface area contributed by atoms with E-state index >= 15 is 0 Å². The van der Waals surface area contributed by atoms with Gasteiger partial charge in [-0.1, -0.05) is 50.9 Å². The van der Waals surface area contributed by atoms with Gasteiger partial charge in [0.15, 0.2) is 4.80 Å². The number of fused-ring (bicyclic) bond motifs is 1. The van der Waals surface area contributed by atoms with Crippen molar-refractivity contribution in [1.29, 1.82) is 0 Å². The van der Waals surface area contributed by atoms with Crippen LogP contribution >= 0.6 is 11.3 Å². The van der Waals surface area contributed by atoms with E-state index in [1.54, 1.807) is 25.4 Å². The number of aryl methyl sites for hydroxylation is 1. The van der Waals surface area contributed by atoms with Gasteiger partial charge in [0.1, 0.15) is 5.75 Å². The van der Waals surface area contributed by atoms with Crippen LogP contribution in [-0.4, -0.2) is 39.7 Å². The van der Waals surface area contributed by atoms with Gasteiger partial charge in [-0.25, -0.2) is 0 Å². The van der Waals surface area contributed by atoms with Crippen molar-refractivity contribution >= 4 is 33.4 Å². The maximum atomic E-state index is 13.7. The van der Waals surface area contributed by atoms with Gasteiger partial charge < -0.3 is 20.1 Å². The number of hydrogen-bond donors (Lipinski definition) is 2. The van der Waals surface area contributed by atoms with Crippen LogP contribution in [0.2, 0.25) is 0 Å². The number of pyridine rings is 1. The second-order valence-electron chi connectivity index (χ2n) is 11.1. The Bertz CT molecular complexity index is 1480. The van der Waals surface area contributed by atoms with E-state index in [1.807, 2.05) is 11.5 Å². The summed E-state index contributed by atoms with van der Waals surface area (Å²) < 4.78 is 49.6. The van der Waals surface area contributed by atoms with E-state index in [1.165, 1.54) is 11.3 Å². The number of carbonyl (C=O) groups is 2. The monoisotopic (exact) mass is 606 g/mol. The Morgan fingerprint density at radius 2 is 1.98 bits per heavy atom. The van der Waals surface area contributed by atoms with Crippen molar-refractivity contribution in [2.75, 3.05) is 13.2 Å². The highest BCUT2D eigenvalue weighted by molar-refractivity contribution is 7.16. The van der Waals surface area contributed by atoms with Gasteiger partial charge in [0.2, 0.25) is 0 Å². The molecule has 0 bridgehead atoms. The molecule has 0 saturated heterocycles. The van der Waals surface area contributed by atoms with E-state index in [9.17, 15) is 27.9 Å². The first-order valence-electron chi connectivity index (χ1n) is 14.3. The van der Waals surface area contributed by atoms with Crippen LogP contribution in [0.1, 0.15) is 74.7 Å². The smallest absolute Gasteiger partial charge is 0.416 e. The molecule has 2 atom stereocenters. The molecule has 1 aromatic carbocycles. The number of carboxylic acids is 1. The van der Waals surface area contributed by atoms with Gasteiger partial charge in [0.05, 0.1) is 40.1 Å². The highest BCUT2D eigenvalue weighted by atomic mass is 32.1. The Labute approximate surface area is 246 Å². The predicted octanol–water partition coefficient (Wildman–Crippen LogP) is 6.28. The zero-order valence-electron chi connectivity index (χ0n) is 23.8. The summed E-state index contributed by atoms with van der Waals surface area (Å²) in [6, 6.07) is 4.49. The van der Waals surface area contributed by atoms with Crippen LogP contribution in [-0.2, 0) is 17.5 Å². The average molecular weight is 607 g/mol. The van der Waals surface area contributed by atoms with Crippen LogP contribution in [0, 0.1) is 17.3 Å². The lowest BCUT2D eigenvalue weighted by atomic mass is 9.62. The fourth-order valence-electron chi connectivity index (χ4n) is 6.01. The van der Waals surface area contributed by atoms with Gasteiger partial charge in [0.25, 0.3) is 5.91 Å². The number of rotatable bonds is 11. The molecule has 42 heavy (non-hydrogen) atoms. The lowest BCUT2D eigenvalue weighted by molar-refractivity contribution is -0.151. The molecular formula is C30H37F3N4O4S. The fraction of sp³-hybridized carbons (Fsp3) is 0.533. The van der Waals surface area contributed by atoms with Gasteiger partial charge in [0, 0.05) is 18.7 Å². The summed E-state index contributed by atoms with van der Waals surface area (Å²) in [7, 11) is 0. The SMILES string of the molecule is CCCCn1/c(=N/C(=O)c2cc(C(F)(F)F)ccc2OCC(C)[C@H](C(=O)O)C2(CN)CCCCC2)sc2ccncc21. The predicted molar refractivity (Wildman–Crippen MR) is 154 cm³/mol. The summed E-state index contributed by atoms with van der Waals surface area (Å²) >= 11 is 1.25. The highest BCUT2D eigenvalue weighted by Gasteiger charge is 2.46. The number of halogens is 3. The standard InChI is InChI=1S/C30H37F3N4O4S/c1-3-4-14-37-22-16-35-13-10-24(22)42-28(37)36-26(38)21-15-20(30(31,32)33)8-9-23(21)41-17-19(2)25(27(39)40)29(18-34)11-6-5-7-12-29/h8-10,13,15-16,19,25H,3-7,11-12,14,17-18,34H2,1-2H3,(H,39,40)/b36-28-/t19?,25-/m1/s1. The molecule has 1 aliphatic rings. The number of amides is 1. The lowest BCUT2D eigenvalue weighted by Crippen LogP contribution is -2.47. The van der Waals surface area contributed by atoms with E-state index in [0.29, 0.717) is 24.2 Å². The number of carboxylic acid groups (broad SMARTS) is 1. The quantitative estimate of drug-likeness (QED) is 0.265. The third kappa shape index (κ3) is 6.86. The van der Waals surface area contributed by atoms with E-state index in [4.69, 9.17) is 10.5 Å². The van der Waals surface area contributed by atoms with Crippen LogP contribution < -0.4 is 15.3 Å². The van der Waals surface area contributed by atoms with Crippen LogP contribution in [0.4, 0.5) is 13.2 Å². The number of unbranched alkanes of at least 4 members (excludes halogenated alkanes) is 1. The van der Waals surface area contributed by atoms with Crippen LogP contribution in [0.15, 0.2) is 41.7 Å². The van der Waals surface area contributed by atoms with E-state index in [2.05, 4.69) is 9.98 Å². The number of carbonyl (C=O) groups excluding carboxylic acids is 1. The second-order valence-corrected chi connectivity index (χ2v) is 12.1. The number of thiazole rings is 1. The molecule has 1 amide bonds. The van der Waals surface area contributed by atoms with Gasteiger partial charge in [-0.3, -0.25) is 14.6 Å². The Hall–Kier alpha value is -3.25. The Morgan fingerprint density at radius 3 is 2.62 bits per heavy atom. The molecule has 1 fully saturated rings. The number of aliphatic carboxylic acids is 1. The molecule has 0 spiro atoms. The summed E-state index contributed by atoms with van der Waals surface area (Å²) in [6.07, 6.45) is 4.50. The molecule has 12 heteroatoms. The number of alkyl halides is 3. The molecule has 228 valence electrons. The first-order valence-corrected chi connectivity index (χ1v) is 15.1. The minimum atomic E-state index is -4.69. The number of aromatic nitrogens is 2. The third-order valence-corrected chi connectivity index (χ3v) is 9.27. The maximum absolute atomic E-state index is 13.7. The molecule has 2 heterocycles. The molecule has 4 rings (SSSR count). The molecule has 3 aromatic rings. The summed E-state index contributed by atoms with van der Waals surface area (Å²) in [6.45, 7) is 4.44. The number of nitrogens with zero attached hydrogens (tertiary/aromatic N) is 3. The highest BCUT2D eigenvalue weighted by Crippen LogP contribution is 2.45. The maximum Gasteiger partial charge on any atom is 0.416 e. The zero-order chi connectivity index (χ0) is 30.5. The first kappa shape index (κ1) is 31.7. The number of ether oxygens (including phenoxy) is 1. The third-order valence-electron chi connectivity index (χ3n) is 8.21. The molecule has 0 radical (unpaired) electrons. The minimum Gasteiger partial charge on any atom is -0.492 e. The summed E-state index contributed by atoms with van der Waals surface area (Å²) in [5, 5.41) is 10.2. The van der Waals surface area contributed by atoms with Crippen molar-refractivity contribution in [2.24, 2.45) is 28.0 Å². The van der Waals surface area contributed by atoms with Gasteiger partial charge in [-0.15, -0.1) is 0 Å². The normalized spacial score (nSPS) is 17.2.